The third-order valence-corrected chi connectivity index (χ3v) is 3.31. The second-order valence-corrected chi connectivity index (χ2v) is 4.89. The van der Waals surface area contributed by atoms with Gasteiger partial charge >= 0.3 is 5.97 Å². The number of benzene rings is 1. The Morgan fingerprint density at radius 2 is 2.15 bits per heavy atom. The Hall–Kier alpha value is -1.88. The number of carbonyl (C=O) groups excluding carboxylic acids is 2. The Balaban J connectivity index is 2.15. The van der Waals surface area contributed by atoms with E-state index in [1.54, 1.807) is 12.1 Å². The van der Waals surface area contributed by atoms with Crippen LogP contribution in [0.25, 0.3) is 0 Å². The number of esters is 1. The summed E-state index contributed by atoms with van der Waals surface area (Å²) in [5.41, 5.74) is 1.75. The van der Waals surface area contributed by atoms with E-state index in [0.29, 0.717) is 24.3 Å². The van der Waals surface area contributed by atoms with Gasteiger partial charge in [-0.1, -0.05) is 11.6 Å². The highest BCUT2D eigenvalue weighted by Gasteiger charge is 2.23. The summed E-state index contributed by atoms with van der Waals surface area (Å²) in [7, 11) is 1.32. The molecular formula is C15H19NO4. The number of nitrogens with one attached hydrogen (secondary N) is 1. The maximum Gasteiger partial charge on any atom is 0.339 e. The molecule has 108 valence electrons. The molecule has 1 aromatic rings. The van der Waals surface area contributed by atoms with E-state index >= 15 is 0 Å². The van der Waals surface area contributed by atoms with Gasteiger partial charge in [0.05, 0.1) is 18.4 Å². The fourth-order valence-corrected chi connectivity index (χ4v) is 2.21. The molecular weight excluding hydrogens is 258 g/mol. The average Bonchev–Trinajstić information content (AvgIpc) is 2.49. The fourth-order valence-electron chi connectivity index (χ4n) is 2.21. The predicted molar refractivity (Wildman–Crippen MR) is 74.7 cm³/mol. The third-order valence-electron chi connectivity index (χ3n) is 3.31. The zero-order valence-corrected chi connectivity index (χ0v) is 11.8. The summed E-state index contributed by atoms with van der Waals surface area (Å²) in [4.78, 5) is 23.9. The van der Waals surface area contributed by atoms with E-state index in [9.17, 15) is 9.59 Å². The van der Waals surface area contributed by atoms with Gasteiger partial charge in [0.1, 0.15) is 6.10 Å². The molecule has 0 bridgehead atoms. The maximum atomic E-state index is 12.1. The molecule has 1 heterocycles. The quantitative estimate of drug-likeness (QED) is 0.861. The van der Waals surface area contributed by atoms with Crippen LogP contribution in [0.15, 0.2) is 18.2 Å². The Kier molecular flexibility index (Phi) is 4.74. The first-order chi connectivity index (χ1) is 9.61. The van der Waals surface area contributed by atoms with E-state index in [1.807, 2.05) is 13.0 Å². The lowest BCUT2D eigenvalue weighted by molar-refractivity contribution is -0.129. The van der Waals surface area contributed by atoms with E-state index in [1.165, 1.54) is 7.11 Å². The molecule has 1 saturated heterocycles. The Morgan fingerprint density at radius 3 is 2.80 bits per heavy atom. The molecule has 1 amide bonds. The van der Waals surface area contributed by atoms with Gasteiger partial charge in [-0.05, 0) is 38.3 Å². The first-order valence-electron chi connectivity index (χ1n) is 6.73. The van der Waals surface area contributed by atoms with Crippen molar-refractivity contribution in [1.29, 1.82) is 0 Å². The fraction of sp³-hybridized carbons (Fsp3) is 0.467. The molecule has 1 aromatic carbocycles. The molecule has 1 aliphatic rings. The van der Waals surface area contributed by atoms with Gasteiger partial charge in [-0.3, -0.25) is 4.79 Å². The topological polar surface area (TPSA) is 64.6 Å². The summed E-state index contributed by atoms with van der Waals surface area (Å²) in [6.07, 6.45) is 2.25. The van der Waals surface area contributed by atoms with Crippen molar-refractivity contribution in [2.75, 3.05) is 19.0 Å². The molecule has 1 N–H and O–H groups in total. The Bertz CT molecular complexity index is 507. The van der Waals surface area contributed by atoms with Crippen molar-refractivity contribution in [3.05, 3.63) is 29.3 Å². The largest absolute Gasteiger partial charge is 0.465 e. The summed E-state index contributed by atoms with van der Waals surface area (Å²) in [6.45, 7) is 2.48. The van der Waals surface area contributed by atoms with E-state index < -0.39 is 12.1 Å². The zero-order valence-electron chi connectivity index (χ0n) is 11.8. The Morgan fingerprint density at radius 1 is 1.35 bits per heavy atom. The average molecular weight is 277 g/mol. The molecule has 0 saturated carbocycles. The van der Waals surface area contributed by atoms with Crippen molar-refractivity contribution in [3.63, 3.8) is 0 Å². The van der Waals surface area contributed by atoms with Gasteiger partial charge in [0.15, 0.2) is 0 Å². The third kappa shape index (κ3) is 3.36. The lowest BCUT2D eigenvalue weighted by Gasteiger charge is -2.22. The number of anilines is 1. The molecule has 2 rings (SSSR count). The van der Waals surface area contributed by atoms with Crippen LogP contribution < -0.4 is 5.32 Å². The van der Waals surface area contributed by atoms with Gasteiger partial charge in [0.25, 0.3) is 5.91 Å². The van der Waals surface area contributed by atoms with Crippen molar-refractivity contribution in [3.8, 4) is 0 Å². The van der Waals surface area contributed by atoms with Crippen molar-refractivity contribution in [1.82, 2.24) is 0 Å². The molecule has 0 radical (unpaired) electrons. The minimum Gasteiger partial charge on any atom is -0.465 e. The van der Waals surface area contributed by atoms with Crippen LogP contribution in [-0.4, -0.2) is 31.7 Å². The maximum absolute atomic E-state index is 12.1. The lowest BCUT2D eigenvalue weighted by Crippen LogP contribution is -2.33. The molecule has 0 spiro atoms. The van der Waals surface area contributed by atoms with Crippen LogP contribution in [-0.2, 0) is 14.3 Å². The molecule has 20 heavy (non-hydrogen) atoms. The SMILES string of the molecule is COC(=O)c1cc(C)ccc1NC(=O)C1CCCCO1. The van der Waals surface area contributed by atoms with E-state index in [-0.39, 0.29) is 5.91 Å². The van der Waals surface area contributed by atoms with Crippen molar-refractivity contribution in [2.45, 2.75) is 32.3 Å². The second-order valence-electron chi connectivity index (χ2n) is 4.89. The summed E-state index contributed by atoms with van der Waals surface area (Å²) >= 11 is 0. The Labute approximate surface area is 118 Å². The highest BCUT2D eigenvalue weighted by Crippen LogP contribution is 2.20. The first kappa shape index (κ1) is 14.5. The number of rotatable bonds is 3. The minimum atomic E-state index is -0.464. The van der Waals surface area contributed by atoms with Crippen LogP contribution in [0.4, 0.5) is 5.69 Å². The smallest absolute Gasteiger partial charge is 0.339 e. The standard InChI is InChI=1S/C15H19NO4/c1-10-6-7-12(11(9-10)15(18)19-2)16-14(17)13-5-3-4-8-20-13/h6-7,9,13H,3-5,8H2,1-2H3,(H,16,17). The monoisotopic (exact) mass is 277 g/mol. The van der Waals surface area contributed by atoms with Gasteiger partial charge < -0.3 is 14.8 Å². The summed E-state index contributed by atoms with van der Waals surface area (Å²) in [6, 6.07) is 5.25. The number of carbonyl (C=O) groups is 2. The molecule has 1 fully saturated rings. The molecule has 1 atom stereocenters. The van der Waals surface area contributed by atoms with Crippen molar-refractivity contribution >= 4 is 17.6 Å². The van der Waals surface area contributed by atoms with Gasteiger partial charge in [0, 0.05) is 6.61 Å². The second kappa shape index (κ2) is 6.52. The van der Waals surface area contributed by atoms with Crippen LogP contribution in [0.3, 0.4) is 0 Å². The first-order valence-corrected chi connectivity index (χ1v) is 6.73. The lowest BCUT2D eigenvalue weighted by atomic mass is 10.1. The van der Waals surface area contributed by atoms with Crippen LogP contribution in [0.5, 0.6) is 0 Å². The summed E-state index contributed by atoms with van der Waals surface area (Å²) in [5.74, 6) is -0.674. The number of aryl methyl sites for hydroxylation is 1. The molecule has 0 aliphatic carbocycles. The number of hydrogen-bond acceptors (Lipinski definition) is 4. The van der Waals surface area contributed by atoms with E-state index in [2.05, 4.69) is 5.32 Å². The van der Waals surface area contributed by atoms with Gasteiger partial charge in [-0.15, -0.1) is 0 Å². The molecule has 1 unspecified atom stereocenters. The van der Waals surface area contributed by atoms with Crippen molar-refractivity contribution < 1.29 is 19.1 Å². The highest BCUT2D eigenvalue weighted by molar-refractivity contribution is 6.02. The summed E-state index contributed by atoms with van der Waals surface area (Å²) < 4.78 is 10.2. The van der Waals surface area contributed by atoms with E-state index in [4.69, 9.17) is 9.47 Å². The number of amides is 1. The van der Waals surface area contributed by atoms with Crippen molar-refractivity contribution in [2.24, 2.45) is 0 Å². The zero-order chi connectivity index (χ0) is 14.5. The molecule has 1 aliphatic heterocycles. The minimum absolute atomic E-state index is 0.210. The van der Waals surface area contributed by atoms with Gasteiger partial charge in [-0.2, -0.15) is 0 Å². The van der Waals surface area contributed by atoms with Crippen LogP contribution in [0.1, 0.15) is 35.2 Å². The van der Waals surface area contributed by atoms with Crippen LogP contribution in [0, 0.1) is 6.92 Å². The predicted octanol–water partition coefficient (Wildman–Crippen LogP) is 2.29. The molecule has 5 heteroatoms. The van der Waals surface area contributed by atoms with Crippen LogP contribution >= 0.6 is 0 Å². The highest BCUT2D eigenvalue weighted by atomic mass is 16.5. The number of ether oxygens (including phenoxy) is 2. The summed E-state index contributed by atoms with van der Waals surface area (Å²) in [5, 5.41) is 2.76. The normalized spacial score (nSPS) is 18.4. The molecule has 0 aromatic heterocycles. The van der Waals surface area contributed by atoms with Gasteiger partial charge in [-0.25, -0.2) is 4.79 Å². The van der Waals surface area contributed by atoms with Crippen LogP contribution in [0.2, 0.25) is 0 Å². The molecule has 5 nitrogen and oxygen atoms in total. The number of hydrogen-bond donors (Lipinski definition) is 1. The van der Waals surface area contributed by atoms with E-state index in [0.717, 1.165) is 18.4 Å². The van der Waals surface area contributed by atoms with Gasteiger partial charge in [0.2, 0.25) is 0 Å². The number of methoxy groups -OCH3 is 1.